The van der Waals surface area contributed by atoms with Crippen LogP contribution in [0.15, 0.2) is 12.3 Å². The summed E-state index contributed by atoms with van der Waals surface area (Å²) in [6, 6.07) is 0.893. The molecular formula is C15H17ClN2O3. The summed E-state index contributed by atoms with van der Waals surface area (Å²) in [6.07, 6.45) is 4.37. The van der Waals surface area contributed by atoms with Crippen LogP contribution >= 0.6 is 11.6 Å². The van der Waals surface area contributed by atoms with Gasteiger partial charge in [-0.2, -0.15) is 0 Å². The van der Waals surface area contributed by atoms with Crippen molar-refractivity contribution >= 4 is 23.5 Å². The summed E-state index contributed by atoms with van der Waals surface area (Å²) >= 11 is 6.12. The van der Waals surface area contributed by atoms with Gasteiger partial charge >= 0.3 is 5.97 Å². The molecule has 1 aromatic heterocycles. The van der Waals surface area contributed by atoms with Gasteiger partial charge in [0.25, 0.3) is 5.91 Å². The van der Waals surface area contributed by atoms with Crippen molar-refractivity contribution in [3.05, 3.63) is 28.5 Å². The van der Waals surface area contributed by atoms with Crippen molar-refractivity contribution in [2.45, 2.75) is 32.2 Å². The second-order valence-electron chi connectivity index (χ2n) is 5.90. The molecule has 1 saturated heterocycles. The van der Waals surface area contributed by atoms with Gasteiger partial charge in [-0.15, -0.1) is 0 Å². The second kappa shape index (κ2) is 5.30. The molecule has 1 amide bonds. The van der Waals surface area contributed by atoms with Crippen LogP contribution in [0.4, 0.5) is 0 Å². The Kier molecular flexibility index (Phi) is 3.61. The summed E-state index contributed by atoms with van der Waals surface area (Å²) in [7, 11) is 0. The zero-order chi connectivity index (χ0) is 15.1. The topological polar surface area (TPSA) is 70.5 Å². The molecule has 0 spiro atoms. The summed E-state index contributed by atoms with van der Waals surface area (Å²) in [5, 5.41) is 9.82. The molecule has 2 aliphatic rings. The number of carbonyl (C=O) groups excluding carboxylic acids is 1. The van der Waals surface area contributed by atoms with E-state index in [4.69, 9.17) is 11.6 Å². The summed E-state index contributed by atoms with van der Waals surface area (Å²) < 4.78 is 0. The van der Waals surface area contributed by atoms with Gasteiger partial charge in [-0.3, -0.25) is 9.78 Å². The Labute approximate surface area is 127 Å². The van der Waals surface area contributed by atoms with E-state index in [9.17, 15) is 14.7 Å². The van der Waals surface area contributed by atoms with E-state index in [0.29, 0.717) is 17.5 Å². The molecule has 0 radical (unpaired) electrons. The molecule has 2 fully saturated rings. The van der Waals surface area contributed by atoms with E-state index < -0.39 is 12.0 Å². The number of hydrogen-bond acceptors (Lipinski definition) is 3. The average Bonchev–Trinajstić information content (AvgIpc) is 2.96. The molecule has 1 aliphatic heterocycles. The van der Waals surface area contributed by atoms with Gasteiger partial charge < -0.3 is 10.0 Å². The van der Waals surface area contributed by atoms with Crippen molar-refractivity contribution in [3.8, 4) is 0 Å². The number of fused-ring (bicyclic) bond motifs is 1. The van der Waals surface area contributed by atoms with E-state index >= 15 is 0 Å². The fourth-order valence-corrected chi connectivity index (χ4v) is 3.96. The number of carbonyl (C=O) groups is 2. The number of hydrogen-bond donors (Lipinski definition) is 1. The molecule has 3 atom stereocenters. The van der Waals surface area contributed by atoms with Gasteiger partial charge in [0.1, 0.15) is 6.04 Å². The van der Waals surface area contributed by atoms with Crippen LogP contribution in [0.3, 0.4) is 0 Å². The maximum Gasteiger partial charge on any atom is 0.326 e. The fourth-order valence-electron chi connectivity index (χ4n) is 3.67. The number of aliphatic carboxylic acids is 1. The lowest BCUT2D eigenvalue weighted by molar-refractivity contribution is -0.142. The van der Waals surface area contributed by atoms with Gasteiger partial charge in [-0.25, -0.2) is 4.79 Å². The van der Waals surface area contributed by atoms with Gasteiger partial charge in [-0.1, -0.05) is 18.0 Å². The highest BCUT2D eigenvalue weighted by Gasteiger charge is 2.49. The Balaban J connectivity index is 1.91. The van der Waals surface area contributed by atoms with Crippen LogP contribution < -0.4 is 0 Å². The zero-order valence-corrected chi connectivity index (χ0v) is 12.5. The minimum atomic E-state index is -0.922. The van der Waals surface area contributed by atoms with Crippen molar-refractivity contribution < 1.29 is 14.7 Å². The predicted molar refractivity (Wildman–Crippen MR) is 77.3 cm³/mol. The van der Waals surface area contributed by atoms with Gasteiger partial charge in [-0.05, 0) is 37.7 Å². The Morgan fingerprint density at radius 1 is 1.43 bits per heavy atom. The third-order valence-corrected chi connectivity index (χ3v) is 4.94. The molecule has 112 valence electrons. The van der Waals surface area contributed by atoms with E-state index in [-0.39, 0.29) is 17.4 Å². The summed E-state index contributed by atoms with van der Waals surface area (Å²) in [5.74, 6) is -0.876. The Hall–Kier alpha value is -1.62. The highest BCUT2D eigenvalue weighted by Crippen LogP contribution is 2.43. The van der Waals surface area contributed by atoms with Crippen LogP contribution in [0.2, 0.25) is 5.02 Å². The molecule has 3 rings (SSSR count). The predicted octanol–water partition coefficient (Wildman–Crippen LogP) is 2.37. The molecule has 2 heterocycles. The Morgan fingerprint density at radius 2 is 2.19 bits per heavy atom. The van der Waals surface area contributed by atoms with E-state index in [1.54, 1.807) is 13.0 Å². The number of pyridine rings is 1. The molecule has 0 aromatic carbocycles. The Bertz CT molecular complexity index is 605. The lowest BCUT2D eigenvalue weighted by atomic mass is 9.94. The molecule has 1 aromatic rings. The molecule has 5 nitrogen and oxygen atoms in total. The van der Waals surface area contributed by atoms with E-state index in [2.05, 4.69) is 4.98 Å². The molecular weight excluding hydrogens is 292 g/mol. The molecule has 1 N–H and O–H groups in total. The molecule has 1 aliphatic carbocycles. The van der Waals surface area contributed by atoms with Gasteiger partial charge in [0.15, 0.2) is 0 Å². The number of aryl methyl sites for hydroxylation is 1. The summed E-state index contributed by atoms with van der Waals surface area (Å²) in [5.41, 5.74) is 1.01. The first-order valence-corrected chi connectivity index (χ1v) is 7.52. The number of likely N-dealkylation sites (tertiary alicyclic amines) is 1. The minimum Gasteiger partial charge on any atom is -0.480 e. The van der Waals surface area contributed by atoms with Crippen LogP contribution in [0, 0.1) is 18.8 Å². The van der Waals surface area contributed by atoms with Crippen molar-refractivity contribution in [2.75, 3.05) is 6.54 Å². The maximum absolute atomic E-state index is 12.7. The maximum atomic E-state index is 12.7. The third-order valence-electron chi connectivity index (χ3n) is 4.62. The van der Waals surface area contributed by atoms with Crippen molar-refractivity contribution in [2.24, 2.45) is 11.8 Å². The highest BCUT2D eigenvalue weighted by molar-refractivity contribution is 6.33. The van der Waals surface area contributed by atoms with Crippen molar-refractivity contribution in [1.29, 1.82) is 0 Å². The number of rotatable bonds is 2. The normalized spacial score (nSPS) is 27.7. The number of amides is 1. The molecule has 3 unspecified atom stereocenters. The lowest BCUT2D eigenvalue weighted by Gasteiger charge is -2.24. The second-order valence-corrected chi connectivity index (χ2v) is 6.31. The first kappa shape index (κ1) is 14.3. The number of carboxylic acids is 1. The molecule has 6 heteroatoms. The standard InChI is InChI=1S/C15H17ClN2O3/c1-8-5-12(16)11(6-17-8)14(19)18-7-9-3-2-4-10(9)13(18)15(20)21/h5-6,9-10,13H,2-4,7H2,1H3,(H,20,21). The monoisotopic (exact) mass is 308 g/mol. The molecule has 0 bridgehead atoms. The van der Waals surface area contributed by atoms with E-state index in [1.807, 2.05) is 0 Å². The minimum absolute atomic E-state index is 0.0728. The first-order valence-electron chi connectivity index (χ1n) is 7.15. The van der Waals surface area contributed by atoms with Crippen LogP contribution in [0.25, 0.3) is 0 Å². The zero-order valence-electron chi connectivity index (χ0n) is 11.8. The molecule has 21 heavy (non-hydrogen) atoms. The van der Waals surface area contributed by atoms with Crippen LogP contribution in [-0.4, -0.2) is 39.5 Å². The smallest absolute Gasteiger partial charge is 0.326 e. The van der Waals surface area contributed by atoms with E-state index in [0.717, 1.165) is 25.0 Å². The lowest BCUT2D eigenvalue weighted by Crippen LogP contribution is -2.43. The number of halogens is 1. The van der Waals surface area contributed by atoms with Gasteiger partial charge in [0.05, 0.1) is 10.6 Å². The average molecular weight is 309 g/mol. The number of nitrogens with zero attached hydrogens (tertiary/aromatic N) is 2. The largest absolute Gasteiger partial charge is 0.480 e. The summed E-state index contributed by atoms with van der Waals surface area (Å²) in [4.78, 5) is 29.8. The van der Waals surface area contributed by atoms with Gasteiger partial charge in [0.2, 0.25) is 0 Å². The first-order chi connectivity index (χ1) is 9.99. The fraction of sp³-hybridized carbons (Fsp3) is 0.533. The molecule has 1 saturated carbocycles. The third kappa shape index (κ3) is 2.39. The Morgan fingerprint density at radius 3 is 2.86 bits per heavy atom. The van der Waals surface area contributed by atoms with Crippen molar-refractivity contribution in [3.63, 3.8) is 0 Å². The summed E-state index contributed by atoms with van der Waals surface area (Å²) in [6.45, 7) is 2.30. The van der Waals surface area contributed by atoms with Crippen molar-refractivity contribution in [1.82, 2.24) is 9.88 Å². The quantitative estimate of drug-likeness (QED) is 0.910. The van der Waals surface area contributed by atoms with E-state index in [1.165, 1.54) is 11.1 Å². The van der Waals surface area contributed by atoms with Crippen LogP contribution in [-0.2, 0) is 4.79 Å². The van der Waals surface area contributed by atoms with Gasteiger partial charge in [0, 0.05) is 18.4 Å². The van der Waals surface area contributed by atoms with Crippen LogP contribution in [0.5, 0.6) is 0 Å². The SMILES string of the molecule is Cc1cc(Cl)c(C(=O)N2CC3CCCC3C2C(=O)O)cn1. The number of carboxylic acid groups (broad SMARTS) is 1. The highest BCUT2D eigenvalue weighted by atomic mass is 35.5. The van der Waals surface area contributed by atoms with Crippen LogP contribution in [0.1, 0.15) is 35.3 Å². The number of aromatic nitrogens is 1.